The van der Waals surface area contributed by atoms with Crippen LogP contribution < -0.4 is 10.6 Å². The molecule has 154 valence electrons. The third kappa shape index (κ3) is 3.99. The number of fused-ring (bicyclic) bond motifs is 1. The maximum absolute atomic E-state index is 6.08. The molecular weight excluding hydrogens is 388 g/mol. The number of nitrogens with one attached hydrogen (secondary N) is 2. The maximum atomic E-state index is 6.08. The lowest BCUT2D eigenvalue weighted by Gasteiger charge is -2.26. The van der Waals surface area contributed by atoms with Crippen LogP contribution in [0.3, 0.4) is 0 Å². The van der Waals surface area contributed by atoms with Crippen molar-refractivity contribution in [2.75, 3.05) is 13.2 Å². The van der Waals surface area contributed by atoms with Gasteiger partial charge in [0, 0.05) is 12.2 Å². The SMILES string of the molecule is S=C(NC1CCCCC1)N[C@H]1CO[C@H]2[C@H]1OC[C@H]2n1cc(-c2ccccn2)nn1. The van der Waals surface area contributed by atoms with Gasteiger partial charge in [-0.25, -0.2) is 4.68 Å². The molecule has 3 fully saturated rings. The maximum Gasteiger partial charge on any atom is 0.166 e. The molecule has 4 atom stereocenters. The van der Waals surface area contributed by atoms with Crippen molar-refractivity contribution in [3.8, 4) is 11.4 Å². The molecule has 0 radical (unpaired) electrons. The van der Waals surface area contributed by atoms with Crippen molar-refractivity contribution in [1.29, 1.82) is 0 Å². The van der Waals surface area contributed by atoms with Crippen molar-refractivity contribution in [3.05, 3.63) is 30.6 Å². The Bertz CT molecular complexity index is 841. The van der Waals surface area contributed by atoms with Crippen LogP contribution in [0.25, 0.3) is 11.4 Å². The van der Waals surface area contributed by atoms with Crippen LogP contribution in [-0.4, -0.2) is 62.6 Å². The molecule has 0 spiro atoms. The molecule has 2 aliphatic heterocycles. The van der Waals surface area contributed by atoms with E-state index < -0.39 is 0 Å². The number of ether oxygens (including phenoxy) is 2. The van der Waals surface area contributed by atoms with Crippen LogP contribution in [0.1, 0.15) is 38.1 Å². The van der Waals surface area contributed by atoms with Gasteiger partial charge in [0.1, 0.15) is 23.9 Å². The van der Waals surface area contributed by atoms with Crippen molar-refractivity contribution >= 4 is 17.3 Å². The molecule has 5 rings (SSSR count). The predicted octanol–water partition coefficient (Wildman–Crippen LogP) is 1.84. The standard InChI is InChI=1S/C20H26N6O2S/c29-20(22-13-6-2-1-3-7-13)23-16-11-27-19-17(12-28-18(16)19)26-10-15(24-25-26)14-8-4-5-9-21-14/h4-5,8-10,13,16-19H,1-3,6-7,11-12H2,(H2,22,23,29)/t16-,17+,18-,19+/m0/s1. The van der Waals surface area contributed by atoms with Crippen LogP contribution in [0.4, 0.5) is 0 Å². The number of pyridine rings is 1. The van der Waals surface area contributed by atoms with Crippen molar-refractivity contribution in [2.45, 2.75) is 62.4 Å². The van der Waals surface area contributed by atoms with E-state index in [-0.39, 0.29) is 24.3 Å². The number of hydrogen-bond donors (Lipinski definition) is 2. The second kappa shape index (κ2) is 8.33. The summed E-state index contributed by atoms with van der Waals surface area (Å²) in [6.07, 6.45) is 9.83. The summed E-state index contributed by atoms with van der Waals surface area (Å²) >= 11 is 5.54. The Labute approximate surface area is 175 Å². The Morgan fingerprint density at radius 2 is 1.90 bits per heavy atom. The highest BCUT2D eigenvalue weighted by atomic mass is 32.1. The summed E-state index contributed by atoms with van der Waals surface area (Å²) in [7, 11) is 0. The first-order valence-electron chi connectivity index (χ1n) is 10.4. The van der Waals surface area contributed by atoms with Crippen LogP contribution >= 0.6 is 12.2 Å². The first-order valence-corrected chi connectivity index (χ1v) is 10.8. The molecular formula is C20H26N6O2S. The van der Waals surface area contributed by atoms with Gasteiger partial charge in [0.05, 0.1) is 31.1 Å². The summed E-state index contributed by atoms with van der Waals surface area (Å²) < 4.78 is 14.0. The van der Waals surface area contributed by atoms with E-state index in [9.17, 15) is 0 Å². The predicted molar refractivity (Wildman–Crippen MR) is 111 cm³/mol. The molecule has 0 aromatic carbocycles. The fourth-order valence-electron chi connectivity index (χ4n) is 4.54. The minimum absolute atomic E-state index is 0.00311. The zero-order valence-electron chi connectivity index (χ0n) is 16.2. The lowest BCUT2D eigenvalue weighted by molar-refractivity contribution is 0.0624. The van der Waals surface area contributed by atoms with Crippen LogP contribution in [-0.2, 0) is 9.47 Å². The molecule has 9 heteroatoms. The summed E-state index contributed by atoms with van der Waals surface area (Å²) in [6, 6.07) is 6.28. The molecule has 8 nitrogen and oxygen atoms in total. The molecule has 4 heterocycles. The zero-order valence-corrected chi connectivity index (χ0v) is 17.1. The van der Waals surface area contributed by atoms with Gasteiger partial charge in [0.15, 0.2) is 5.11 Å². The van der Waals surface area contributed by atoms with E-state index in [4.69, 9.17) is 21.7 Å². The second-order valence-electron chi connectivity index (χ2n) is 8.02. The highest BCUT2D eigenvalue weighted by Crippen LogP contribution is 2.34. The quantitative estimate of drug-likeness (QED) is 0.733. The Morgan fingerprint density at radius 3 is 2.72 bits per heavy atom. The number of hydrogen-bond acceptors (Lipinski definition) is 6. The third-order valence-electron chi connectivity index (χ3n) is 6.06. The molecule has 0 unspecified atom stereocenters. The van der Waals surface area contributed by atoms with Gasteiger partial charge in [0.2, 0.25) is 0 Å². The molecule has 2 N–H and O–H groups in total. The monoisotopic (exact) mass is 414 g/mol. The molecule has 2 aromatic rings. The van der Waals surface area contributed by atoms with Crippen molar-refractivity contribution in [2.24, 2.45) is 0 Å². The first kappa shape index (κ1) is 18.9. The average Bonchev–Trinajstić information content (AvgIpc) is 3.47. The minimum Gasteiger partial charge on any atom is -0.371 e. The number of nitrogens with zero attached hydrogens (tertiary/aromatic N) is 4. The second-order valence-corrected chi connectivity index (χ2v) is 8.43. The smallest absolute Gasteiger partial charge is 0.166 e. The van der Waals surface area contributed by atoms with Crippen molar-refractivity contribution < 1.29 is 9.47 Å². The summed E-state index contributed by atoms with van der Waals surface area (Å²) in [6.45, 7) is 1.11. The third-order valence-corrected chi connectivity index (χ3v) is 6.30. The van der Waals surface area contributed by atoms with E-state index in [0.29, 0.717) is 24.4 Å². The van der Waals surface area contributed by atoms with E-state index in [2.05, 4.69) is 25.9 Å². The molecule has 1 aliphatic carbocycles. The summed E-state index contributed by atoms with van der Waals surface area (Å²) in [5, 5.41) is 16.2. The number of rotatable bonds is 4. The van der Waals surface area contributed by atoms with Crippen LogP contribution in [0.2, 0.25) is 0 Å². The van der Waals surface area contributed by atoms with Gasteiger partial charge in [0.25, 0.3) is 0 Å². The van der Waals surface area contributed by atoms with Crippen LogP contribution in [0, 0.1) is 0 Å². The first-order chi connectivity index (χ1) is 14.3. The topological polar surface area (TPSA) is 86.1 Å². The molecule has 2 aromatic heterocycles. The zero-order chi connectivity index (χ0) is 19.6. The van der Waals surface area contributed by atoms with E-state index >= 15 is 0 Å². The van der Waals surface area contributed by atoms with E-state index in [1.807, 2.05) is 29.1 Å². The van der Waals surface area contributed by atoms with E-state index in [1.165, 1.54) is 32.1 Å². The van der Waals surface area contributed by atoms with Gasteiger partial charge < -0.3 is 20.1 Å². The highest BCUT2D eigenvalue weighted by molar-refractivity contribution is 7.80. The normalized spacial score (nSPS) is 29.5. The Hall–Kier alpha value is -2.10. The minimum atomic E-state index is -0.0664. The van der Waals surface area contributed by atoms with Crippen molar-refractivity contribution in [3.63, 3.8) is 0 Å². The molecule has 29 heavy (non-hydrogen) atoms. The van der Waals surface area contributed by atoms with Gasteiger partial charge in [-0.3, -0.25) is 4.98 Å². The fraction of sp³-hybridized carbons (Fsp3) is 0.600. The average molecular weight is 415 g/mol. The van der Waals surface area contributed by atoms with Crippen LogP contribution in [0.5, 0.6) is 0 Å². The number of thiocarbonyl (C=S) groups is 1. The fourth-order valence-corrected chi connectivity index (χ4v) is 4.86. The van der Waals surface area contributed by atoms with Gasteiger partial charge in [-0.2, -0.15) is 0 Å². The van der Waals surface area contributed by atoms with Gasteiger partial charge in [-0.15, -0.1) is 5.10 Å². The van der Waals surface area contributed by atoms with Crippen LogP contribution in [0.15, 0.2) is 30.6 Å². The Morgan fingerprint density at radius 1 is 1.03 bits per heavy atom. The van der Waals surface area contributed by atoms with Gasteiger partial charge >= 0.3 is 0 Å². The Kier molecular flexibility index (Phi) is 5.43. The number of aromatic nitrogens is 4. The van der Waals surface area contributed by atoms with E-state index in [1.54, 1.807) is 6.20 Å². The highest BCUT2D eigenvalue weighted by Gasteiger charge is 2.49. The molecule has 0 amide bonds. The molecule has 2 saturated heterocycles. The van der Waals surface area contributed by atoms with Gasteiger partial charge in [-0.1, -0.05) is 30.5 Å². The lowest BCUT2D eigenvalue weighted by Crippen LogP contribution is -2.50. The molecule has 1 saturated carbocycles. The van der Waals surface area contributed by atoms with E-state index in [0.717, 1.165) is 11.4 Å². The lowest BCUT2D eigenvalue weighted by atomic mass is 9.96. The van der Waals surface area contributed by atoms with Crippen molar-refractivity contribution in [1.82, 2.24) is 30.6 Å². The summed E-state index contributed by atoms with van der Waals surface area (Å²) in [4.78, 5) is 4.34. The largest absolute Gasteiger partial charge is 0.371 e. The van der Waals surface area contributed by atoms with Gasteiger partial charge in [-0.05, 0) is 37.2 Å². The molecule has 0 bridgehead atoms. The molecule has 3 aliphatic rings. The summed E-state index contributed by atoms with van der Waals surface area (Å²) in [5.74, 6) is 0. The Balaban J connectivity index is 1.20. The summed E-state index contributed by atoms with van der Waals surface area (Å²) in [5.41, 5.74) is 1.56.